The Balaban J connectivity index is 2.66. The van der Waals surface area contributed by atoms with Gasteiger partial charge in [-0.3, -0.25) is 4.99 Å². The molecule has 0 aliphatic carbocycles. The predicted octanol–water partition coefficient (Wildman–Crippen LogP) is 3.25. The van der Waals surface area contributed by atoms with Crippen molar-refractivity contribution in [3.63, 3.8) is 0 Å². The van der Waals surface area contributed by atoms with Crippen molar-refractivity contribution in [1.82, 2.24) is 10.6 Å². The van der Waals surface area contributed by atoms with Gasteiger partial charge < -0.3 is 15.7 Å². The predicted molar refractivity (Wildman–Crippen MR) is 98.8 cm³/mol. The second-order valence-electron chi connectivity index (χ2n) is 6.33. The molecule has 6 heteroatoms. The minimum absolute atomic E-state index is 0.00277. The minimum atomic E-state index is -0.560. The summed E-state index contributed by atoms with van der Waals surface area (Å²) in [5.41, 5.74) is 0.612. The molecule has 0 spiro atoms. The maximum atomic E-state index is 13.2. The van der Waals surface area contributed by atoms with Crippen molar-refractivity contribution < 1.29 is 13.9 Å². The molecular weight excluding hydrogens is 324 g/mol. The van der Waals surface area contributed by atoms with Crippen molar-refractivity contribution in [1.29, 1.82) is 0 Å². The molecule has 1 aromatic carbocycles. The van der Waals surface area contributed by atoms with E-state index in [-0.39, 0.29) is 12.0 Å². The molecule has 0 heterocycles. The van der Waals surface area contributed by atoms with Crippen molar-refractivity contribution in [2.45, 2.75) is 46.5 Å². The van der Waals surface area contributed by atoms with E-state index in [4.69, 9.17) is 0 Å². The number of hydrogen-bond acceptors (Lipinski definition) is 2. The first kappa shape index (κ1) is 21.4. The first-order chi connectivity index (χ1) is 12.0. The molecule has 0 saturated carbocycles. The van der Waals surface area contributed by atoms with Crippen LogP contribution in [0.5, 0.6) is 0 Å². The van der Waals surface area contributed by atoms with Crippen LogP contribution in [-0.2, 0) is 6.42 Å². The van der Waals surface area contributed by atoms with Crippen LogP contribution in [0.3, 0.4) is 0 Å². The summed E-state index contributed by atoms with van der Waals surface area (Å²) in [5.74, 6) is -0.436. The molecule has 4 nitrogen and oxygen atoms in total. The molecule has 0 aromatic heterocycles. The van der Waals surface area contributed by atoms with Crippen molar-refractivity contribution >= 4 is 5.96 Å². The monoisotopic (exact) mass is 355 g/mol. The summed E-state index contributed by atoms with van der Waals surface area (Å²) in [6, 6.07) is 3.56. The number of halogens is 2. The standard InChI is InChI=1S/C19H31F2N3O/c1-4-19(5-2,8-10-25)14-24-18(22-6-3)23-9-7-15-11-16(20)13-17(21)12-15/h11-13,25H,4-10,14H2,1-3H3,(H2,22,23,24). The number of aliphatic imine (C=N–C) groups is 1. The summed E-state index contributed by atoms with van der Waals surface area (Å²) in [6.45, 7) is 8.27. The van der Waals surface area contributed by atoms with Gasteiger partial charge in [0.1, 0.15) is 11.6 Å². The highest BCUT2D eigenvalue weighted by Crippen LogP contribution is 2.30. The molecule has 0 aliphatic rings. The van der Waals surface area contributed by atoms with Gasteiger partial charge in [0.25, 0.3) is 0 Å². The molecule has 0 aliphatic heterocycles. The topological polar surface area (TPSA) is 56.7 Å². The third kappa shape index (κ3) is 7.38. The first-order valence-electron chi connectivity index (χ1n) is 9.06. The van der Waals surface area contributed by atoms with Crippen molar-refractivity contribution in [3.8, 4) is 0 Å². The molecule has 0 fully saturated rings. The molecule has 142 valence electrons. The largest absolute Gasteiger partial charge is 0.396 e. The van der Waals surface area contributed by atoms with Gasteiger partial charge in [0.2, 0.25) is 0 Å². The normalized spacial score (nSPS) is 12.3. The summed E-state index contributed by atoms with van der Waals surface area (Å²) in [7, 11) is 0. The highest BCUT2D eigenvalue weighted by molar-refractivity contribution is 5.79. The number of rotatable bonds is 10. The lowest BCUT2D eigenvalue weighted by molar-refractivity contribution is 0.175. The molecule has 0 bridgehead atoms. The fourth-order valence-electron chi connectivity index (χ4n) is 2.81. The Labute approximate surface area is 149 Å². The lowest BCUT2D eigenvalue weighted by Crippen LogP contribution is -2.39. The fraction of sp³-hybridized carbons (Fsp3) is 0.632. The van der Waals surface area contributed by atoms with Crippen LogP contribution < -0.4 is 10.6 Å². The van der Waals surface area contributed by atoms with Crippen LogP contribution in [0.4, 0.5) is 8.78 Å². The van der Waals surface area contributed by atoms with Gasteiger partial charge in [0, 0.05) is 32.3 Å². The summed E-state index contributed by atoms with van der Waals surface area (Å²) < 4.78 is 26.4. The summed E-state index contributed by atoms with van der Waals surface area (Å²) >= 11 is 0. The van der Waals surface area contributed by atoms with Crippen molar-refractivity contribution in [2.75, 3.05) is 26.2 Å². The number of guanidine groups is 1. The van der Waals surface area contributed by atoms with Crippen LogP contribution in [0.25, 0.3) is 0 Å². The minimum Gasteiger partial charge on any atom is -0.396 e. The SMILES string of the molecule is CCNC(=NCC(CC)(CC)CCO)NCCc1cc(F)cc(F)c1. The van der Waals surface area contributed by atoms with Gasteiger partial charge in [0.05, 0.1) is 0 Å². The van der Waals surface area contributed by atoms with E-state index in [1.807, 2.05) is 6.92 Å². The highest BCUT2D eigenvalue weighted by atomic mass is 19.1. The zero-order valence-electron chi connectivity index (χ0n) is 15.5. The number of benzene rings is 1. The summed E-state index contributed by atoms with van der Waals surface area (Å²) in [4.78, 5) is 4.65. The molecule has 1 rings (SSSR count). The maximum Gasteiger partial charge on any atom is 0.191 e. The van der Waals surface area contributed by atoms with E-state index < -0.39 is 11.6 Å². The van der Waals surface area contributed by atoms with E-state index in [0.717, 1.165) is 31.9 Å². The Bertz CT molecular complexity index is 525. The number of aliphatic hydroxyl groups is 1. The Hall–Kier alpha value is -1.69. The average Bonchev–Trinajstić information content (AvgIpc) is 2.57. The van der Waals surface area contributed by atoms with Crippen LogP contribution in [-0.4, -0.2) is 37.3 Å². The second-order valence-corrected chi connectivity index (χ2v) is 6.33. The quantitative estimate of drug-likeness (QED) is 0.446. The zero-order chi connectivity index (χ0) is 18.7. The smallest absolute Gasteiger partial charge is 0.191 e. The van der Waals surface area contributed by atoms with Gasteiger partial charge in [-0.05, 0) is 55.7 Å². The Morgan fingerprint density at radius 1 is 1.08 bits per heavy atom. The average molecular weight is 355 g/mol. The van der Waals surface area contributed by atoms with Crippen LogP contribution in [0.1, 0.15) is 45.6 Å². The van der Waals surface area contributed by atoms with Gasteiger partial charge in [-0.25, -0.2) is 8.78 Å². The number of aliphatic hydroxyl groups excluding tert-OH is 1. The number of nitrogens with one attached hydrogen (secondary N) is 2. The van der Waals surface area contributed by atoms with E-state index in [1.165, 1.54) is 12.1 Å². The summed E-state index contributed by atoms with van der Waals surface area (Å²) in [5, 5.41) is 15.7. The molecule has 0 atom stereocenters. The molecule has 0 unspecified atom stereocenters. The lowest BCUT2D eigenvalue weighted by Gasteiger charge is -2.29. The van der Waals surface area contributed by atoms with Crippen LogP contribution in [0, 0.1) is 17.0 Å². The van der Waals surface area contributed by atoms with Crippen LogP contribution >= 0.6 is 0 Å². The lowest BCUT2D eigenvalue weighted by atomic mass is 9.79. The van der Waals surface area contributed by atoms with E-state index >= 15 is 0 Å². The Morgan fingerprint density at radius 3 is 2.24 bits per heavy atom. The third-order valence-electron chi connectivity index (χ3n) is 4.69. The molecule has 0 saturated heterocycles. The molecular formula is C19H31F2N3O. The van der Waals surface area contributed by atoms with Gasteiger partial charge in [-0.15, -0.1) is 0 Å². The molecule has 3 N–H and O–H groups in total. The van der Waals surface area contributed by atoms with Crippen molar-refractivity contribution in [3.05, 3.63) is 35.4 Å². The molecule has 0 radical (unpaired) electrons. The van der Waals surface area contributed by atoms with E-state index in [0.29, 0.717) is 31.0 Å². The van der Waals surface area contributed by atoms with E-state index in [2.05, 4.69) is 29.5 Å². The van der Waals surface area contributed by atoms with Gasteiger partial charge in [-0.2, -0.15) is 0 Å². The Kier molecular flexibility index (Phi) is 9.42. The van der Waals surface area contributed by atoms with Crippen molar-refractivity contribution in [2.24, 2.45) is 10.4 Å². The third-order valence-corrected chi connectivity index (χ3v) is 4.69. The molecule has 0 amide bonds. The Morgan fingerprint density at radius 2 is 1.72 bits per heavy atom. The summed E-state index contributed by atoms with van der Waals surface area (Å²) in [6.07, 6.45) is 3.14. The van der Waals surface area contributed by atoms with Gasteiger partial charge >= 0.3 is 0 Å². The molecule has 25 heavy (non-hydrogen) atoms. The molecule has 1 aromatic rings. The van der Waals surface area contributed by atoms with E-state index in [9.17, 15) is 13.9 Å². The fourth-order valence-corrected chi connectivity index (χ4v) is 2.81. The van der Waals surface area contributed by atoms with Gasteiger partial charge in [-0.1, -0.05) is 13.8 Å². The second kappa shape index (κ2) is 11.0. The number of nitrogens with zero attached hydrogens (tertiary/aromatic N) is 1. The maximum absolute atomic E-state index is 13.2. The van der Waals surface area contributed by atoms with Crippen LogP contribution in [0.15, 0.2) is 23.2 Å². The van der Waals surface area contributed by atoms with Gasteiger partial charge in [0.15, 0.2) is 5.96 Å². The zero-order valence-corrected chi connectivity index (χ0v) is 15.5. The van der Waals surface area contributed by atoms with E-state index in [1.54, 1.807) is 0 Å². The van der Waals surface area contributed by atoms with Crippen LogP contribution in [0.2, 0.25) is 0 Å². The number of hydrogen-bond donors (Lipinski definition) is 3. The highest BCUT2D eigenvalue weighted by Gasteiger charge is 2.25. The first-order valence-corrected chi connectivity index (χ1v) is 9.06.